The minimum Gasteiger partial charge on any atom is -0.508 e. The molecule has 0 saturated carbocycles. The van der Waals surface area contributed by atoms with Gasteiger partial charge in [0.15, 0.2) is 0 Å². The van der Waals surface area contributed by atoms with Gasteiger partial charge >= 0.3 is 5.97 Å². The van der Waals surface area contributed by atoms with Crippen LogP contribution in [0.3, 0.4) is 0 Å². The van der Waals surface area contributed by atoms with Gasteiger partial charge in [0.05, 0.1) is 0 Å². The van der Waals surface area contributed by atoms with Crippen molar-refractivity contribution in [1.82, 2.24) is 5.32 Å². The van der Waals surface area contributed by atoms with Crippen LogP contribution in [0.15, 0.2) is 54.6 Å². The maximum Gasteiger partial charge on any atom is 0.326 e. The predicted octanol–water partition coefficient (Wildman–Crippen LogP) is 2.48. The van der Waals surface area contributed by atoms with Gasteiger partial charge in [-0.25, -0.2) is 4.79 Å². The highest BCUT2D eigenvalue weighted by Crippen LogP contribution is 2.20. The number of hydrogen-bond acceptors (Lipinski definition) is 3. The third-order valence-electron chi connectivity index (χ3n) is 3.31. The minimum atomic E-state index is -1.15. The van der Waals surface area contributed by atoms with E-state index in [1.165, 1.54) is 12.1 Å². The van der Waals surface area contributed by atoms with E-state index < -0.39 is 23.3 Å². The zero-order valence-electron chi connectivity index (χ0n) is 12.1. The number of nitrogens with one attached hydrogen (secondary N) is 1. The van der Waals surface area contributed by atoms with Crippen molar-refractivity contribution in [3.63, 3.8) is 0 Å². The van der Waals surface area contributed by atoms with E-state index in [1.807, 2.05) is 0 Å². The lowest BCUT2D eigenvalue weighted by Gasteiger charge is -2.17. The fourth-order valence-electron chi connectivity index (χ4n) is 2.09. The van der Waals surface area contributed by atoms with Gasteiger partial charge in [-0.1, -0.05) is 42.5 Å². The second-order valence-corrected chi connectivity index (χ2v) is 5.48. The predicted molar refractivity (Wildman–Crippen MR) is 86.4 cm³/mol. The molecular weight excluding hydrogens is 318 g/mol. The lowest BCUT2D eigenvalue weighted by Crippen LogP contribution is -2.43. The SMILES string of the molecule is O=C(O)C(Cc1ccc(O)cc1)NC(=O)C(Cl)c1ccccc1. The second-order valence-electron chi connectivity index (χ2n) is 5.04. The lowest BCUT2D eigenvalue weighted by molar-refractivity contribution is -0.141. The molecule has 2 rings (SSSR count). The average molecular weight is 334 g/mol. The highest BCUT2D eigenvalue weighted by molar-refractivity contribution is 6.30. The van der Waals surface area contributed by atoms with Gasteiger partial charge in [0.2, 0.25) is 5.91 Å². The monoisotopic (exact) mass is 333 g/mol. The van der Waals surface area contributed by atoms with Crippen molar-refractivity contribution in [1.29, 1.82) is 0 Å². The summed E-state index contributed by atoms with van der Waals surface area (Å²) in [6.45, 7) is 0. The molecule has 2 atom stereocenters. The molecule has 2 aromatic rings. The fourth-order valence-corrected chi connectivity index (χ4v) is 2.29. The molecule has 0 bridgehead atoms. The van der Waals surface area contributed by atoms with Crippen LogP contribution in [0.2, 0.25) is 0 Å². The molecule has 0 fully saturated rings. The largest absolute Gasteiger partial charge is 0.508 e. The first-order valence-electron chi connectivity index (χ1n) is 6.97. The Kier molecular flexibility index (Phi) is 5.60. The van der Waals surface area contributed by atoms with E-state index >= 15 is 0 Å². The summed E-state index contributed by atoms with van der Waals surface area (Å²) in [5.74, 6) is -1.62. The Morgan fingerprint density at radius 2 is 1.65 bits per heavy atom. The summed E-state index contributed by atoms with van der Waals surface area (Å²) in [4.78, 5) is 23.5. The normalized spacial score (nSPS) is 13.1. The van der Waals surface area contributed by atoms with Gasteiger partial charge < -0.3 is 15.5 Å². The quantitative estimate of drug-likeness (QED) is 0.709. The Balaban J connectivity index is 2.05. The molecule has 1 amide bonds. The number of carbonyl (C=O) groups is 2. The van der Waals surface area contributed by atoms with Crippen LogP contribution in [-0.4, -0.2) is 28.1 Å². The number of aromatic hydroxyl groups is 1. The first-order valence-corrected chi connectivity index (χ1v) is 7.41. The molecule has 2 unspecified atom stereocenters. The number of benzene rings is 2. The number of phenolic OH excluding ortho intramolecular Hbond substituents is 1. The Labute approximate surface area is 138 Å². The molecule has 5 nitrogen and oxygen atoms in total. The van der Waals surface area contributed by atoms with E-state index in [0.717, 1.165) is 0 Å². The Bertz CT molecular complexity index is 673. The van der Waals surface area contributed by atoms with Gasteiger partial charge in [0, 0.05) is 6.42 Å². The summed E-state index contributed by atoms with van der Waals surface area (Å²) in [5.41, 5.74) is 1.28. The van der Waals surface area contributed by atoms with E-state index in [-0.39, 0.29) is 12.2 Å². The van der Waals surface area contributed by atoms with Crippen molar-refractivity contribution >= 4 is 23.5 Å². The van der Waals surface area contributed by atoms with Crippen molar-refractivity contribution in [2.75, 3.05) is 0 Å². The molecule has 0 aliphatic rings. The zero-order chi connectivity index (χ0) is 16.8. The number of halogens is 1. The third-order valence-corrected chi connectivity index (χ3v) is 3.76. The third kappa shape index (κ3) is 4.72. The number of alkyl halides is 1. The molecule has 0 spiro atoms. The van der Waals surface area contributed by atoms with Crippen LogP contribution in [0.5, 0.6) is 5.75 Å². The molecule has 6 heteroatoms. The summed E-state index contributed by atoms with van der Waals surface area (Å²) >= 11 is 6.09. The van der Waals surface area contributed by atoms with Crippen LogP contribution in [0.25, 0.3) is 0 Å². The Morgan fingerprint density at radius 1 is 1.04 bits per heavy atom. The molecule has 0 aliphatic heterocycles. The van der Waals surface area contributed by atoms with E-state index in [1.54, 1.807) is 42.5 Å². The van der Waals surface area contributed by atoms with Crippen LogP contribution >= 0.6 is 11.6 Å². The van der Waals surface area contributed by atoms with Crippen LogP contribution in [0, 0.1) is 0 Å². The number of aliphatic carboxylic acids is 1. The molecule has 2 aromatic carbocycles. The highest BCUT2D eigenvalue weighted by atomic mass is 35.5. The van der Waals surface area contributed by atoms with E-state index in [2.05, 4.69) is 5.32 Å². The lowest BCUT2D eigenvalue weighted by atomic mass is 10.0. The Hall–Kier alpha value is -2.53. The number of hydrogen-bond donors (Lipinski definition) is 3. The van der Waals surface area contributed by atoms with Crippen LogP contribution in [0.1, 0.15) is 16.5 Å². The number of carboxylic acid groups (broad SMARTS) is 1. The molecule has 3 N–H and O–H groups in total. The summed E-state index contributed by atoms with van der Waals surface area (Å²) < 4.78 is 0. The molecule has 0 aromatic heterocycles. The molecule has 0 radical (unpaired) electrons. The van der Waals surface area contributed by atoms with Gasteiger partial charge in [-0.15, -0.1) is 11.6 Å². The molecule has 23 heavy (non-hydrogen) atoms. The van der Waals surface area contributed by atoms with E-state index in [0.29, 0.717) is 11.1 Å². The first-order chi connectivity index (χ1) is 11.0. The van der Waals surface area contributed by atoms with Crippen molar-refractivity contribution in [2.45, 2.75) is 17.8 Å². The topological polar surface area (TPSA) is 86.6 Å². The molecule has 0 aliphatic carbocycles. The van der Waals surface area contributed by atoms with Gasteiger partial charge in [0.1, 0.15) is 17.2 Å². The van der Waals surface area contributed by atoms with Crippen molar-refractivity contribution in [3.05, 3.63) is 65.7 Å². The summed E-state index contributed by atoms with van der Waals surface area (Å²) in [5, 5.41) is 20.0. The van der Waals surface area contributed by atoms with E-state index in [4.69, 9.17) is 11.6 Å². The first kappa shape index (κ1) is 16.8. The van der Waals surface area contributed by atoms with E-state index in [9.17, 15) is 19.8 Å². The number of amides is 1. The molecule has 0 heterocycles. The second kappa shape index (κ2) is 7.65. The highest BCUT2D eigenvalue weighted by Gasteiger charge is 2.25. The molecular formula is C17H16ClNO4. The summed E-state index contributed by atoms with van der Waals surface area (Å²) in [6.07, 6.45) is 0.0970. The van der Waals surface area contributed by atoms with Gasteiger partial charge in [0.25, 0.3) is 0 Å². The summed E-state index contributed by atoms with van der Waals surface area (Å²) in [7, 11) is 0. The number of rotatable bonds is 6. The standard InChI is InChI=1S/C17H16ClNO4/c18-15(12-4-2-1-3-5-12)16(21)19-14(17(22)23)10-11-6-8-13(20)9-7-11/h1-9,14-15,20H,10H2,(H,19,21)(H,22,23). The van der Waals surface area contributed by atoms with Crippen LogP contribution in [0.4, 0.5) is 0 Å². The van der Waals surface area contributed by atoms with Crippen molar-refractivity contribution in [3.8, 4) is 5.75 Å². The van der Waals surface area contributed by atoms with Gasteiger partial charge in [-0.05, 0) is 23.3 Å². The Morgan fingerprint density at radius 3 is 2.22 bits per heavy atom. The van der Waals surface area contributed by atoms with Gasteiger partial charge in [-0.2, -0.15) is 0 Å². The minimum absolute atomic E-state index is 0.0922. The van der Waals surface area contributed by atoms with Crippen LogP contribution in [-0.2, 0) is 16.0 Å². The number of phenols is 1. The average Bonchev–Trinajstić information content (AvgIpc) is 2.56. The number of carboxylic acids is 1. The van der Waals surface area contributed by atoms with Crippen molar-refractivity contribution in [2.24, 2.45) is 0 Å². The van der Waals surface area contributed by atoms with Gasteiger partial charge in [-0.3, -0.25) is 4.79 Å². The van der Waals surface area contributed by atoms with Crippen LogP contribution < -0.4 is 5.32 Å². The fraction of sp³-hybridized carbons (Fsp3) is 0.176. The maximum atomic E-state index is 12.2. The zero-order valence-corrected chi connectivity index (χ0v) is 12.9. The molecule has 0 saturated heterocycles. The van der Waals surface area contributed by atoms with Crippen molar-refractivity contribution < 1.29 is 19.8 Å². The maximum absolute atomic E-state index is 12.2. The smallest absolute Gasteiger partial charge is 0.326 e. The number of carbonyl (C=O) groups excluding carboxylic acids is 1. The summed E-state index contributed by atoms with van der Waals surface area (Å²) in [6, 6.07) is 13.7. The molecule has 120 valence electrons.